The first-order chi connectivity index (χ1) is 9.13. The van der Waals surface area contributed by atoms with Gasteiger partial charge in [0.2, 0.25) is 0 Å². The molecule has 0 aliphatic heterocycles. The first-order valence-electron chi connectivity index (χ1n) is 6.08. The lowest BCUT2D eigenvalue weighted by atomic mass is 10.1. The van der Waals surface area contributed by atoms with E-state index in [9.17, 15) is 0 Å². The Morgan fingerprint density at radius 1 is 1.32 bits per heavy atom. The molecule has 0 saturated carbocycles. The summed E-state index contributed by atoms with van der Waals surface area (Å²) < 4.78 is 0. The number of anilines is 2. The van der Waals surface area contributed by atoms with Crippen LogP contribution in [0.3, 0.4) is 0 Å². The van der Waals surface area contributed by atoms with Gasteiger partial charge in [-0.2, -0.15) is 5.26 Å². The molecule has 2 rings (SSSR count). The molecular formula is C15H16N4. The topological polar surface area (TPSA) is 65.9 Å². The van der Waals surface area contributed by atoms with Crippen molar-refractivity contribution in [2.45, 2.75) is 13.0 Å². The summed E-state index contributed by atoms with van der Waals surface area (Å²) in [5, 5.41) is 8.95. The fourth-order valence-corrected chi connectivity index (χ4v) is 1.95. The van der Waals surface area contributed by atoms with E-state index in [2.05, 4.69) is 11.1 Å². The largest absolute Gasteiger partial charge is 0.329 e. The van der Waals surface area contributed by atoms with Crippen molar-refractivity contribution < 1.29 is 0 Å². The molecule has 2 N–H and O–H groups in total. The fourth-order valence-electron chi connectivity index (χ4n) is 1.95. The van der Waals surface area contributed by atoms with Crippen molar-refractivity contribution >= 4 is 11.5 Å². The van der Waals surface area contributed by atoms with Crippen LogP contribution in [0.1, 0.15) is 24.1 Å². The molecule has 0 fully saturated rings. The van der Waals surface area contributed by atoms with Crippen molar-refractivity contribution in [3.05, 3.63) is 53.7 Å². The first kappa shape index (κ1) is 13.1. The van der Waals surface area contributed by atoms with Crippen molar-refractivity contribution in [2.75, 3.05) is 11.9 Å². The lowest BCUT2D eigenvalue weighted by Crippen LogP contribution is -2.17. The molecule has 0 radical (unpaired) electrons. The van der Waals surface area contributed by atoms with E-state index in [1.54, 1.807) is 12.3 Å². The van der Waals surface area contributed by atoms with Gasteiger partial charge in [0.15, 0.2) is 0 Å². The maximum atomic E-state index is 8.95. The zero-order valence-corrected chi connectivity index (χ0v) is 11.0. The van der Waals surface area contributed by atoms with Crippen LogP contribution in [0.2, 0.25) is 0 Å². The molecule has 0 amide bonds. The second-order valence-corrected chi connectivity index (χ2v) is 4.43. The van der Waals surface area contributed by atoms with Gasteiger partial charge in [0.05, 0.1) is 11.6 Å². The van der Waals surface area contributed by atoms with Gasteiger partial charge in [-0.05, 0) is 31.2 Å². The third kappa shape index (κ3) is 2.72. The van der Waals surface area contributed by atoms with Crippen LogP contribution in [0.4, 0.5) is 11.5 Å². The predicted octanol–water partition coefficient (Wildman–Crippen LogP) is 2.74. The molecule has 19 heavy (non-hydrogen) atoms. The highest BCUT2D eigenvalue weighted by Crippen LogP contribution is 2.28. The van der Waals surface area contributed by atoms with Gasteiger partial charge in [-0.1, -0.05) is 12.1 Å². The highest BCUT2D eigenvalue weighted by Gasteiger charge is 2.13. The Hall–Kier alpha value is -2.38. The van der Waals surface area contributed by atoms with E-state index in [4.69, 9.17) is 11.0 Å². The van der Waals surface area contributed by atoms with Gasteiger partial charge >= 0.3 is 0 Å². The molecule has 4 heteroatoms. The monoisotopic (exact) mass is 252 g/mol. The highest BCUT2D eigenvalue weighted by atomic mass is 15.2. The summed E-state index contributed by atoms with van der Waals surface area (Å²) in [6.45, 7) is 1.93. The maximum Gasteiger partial charge on any atom is 0.137 e. The van der Waals surface area contributed by atoms with Crippen LogP contribution in [0.15, 0.2) is 42.6 Å². The summed E-state index contributed by atoms with van der Waals surface area (Å²) in [6, 6.07) is 13.3. The van der Waals surface area contributed by atoms with Crippen LogP contribution in [-0.2, 0) is 0 Å². The maximum absolute atomic E-state index is 8.95. The molecule has 96 valence electrons. The number of rotatable bonds is 3. The fraction of sp³-hybridized carbons (Fsp3) is 0.200. The molecule has 0 spiro atoms. The number of nitriles is 1. The number of nitrogens with two attached hydrogens (primary N) is 1. The molecule has 4 nitrogen and oxygen atoms in total. The molecule has 1 aromatic carbocycles. The minimum Gasteiger partial charge on any atom is -0.329 e. The van der Waals surface area contributed by atoms with Gasteiger partial charge in [-0.15, -0.1) is 0 Å². The smallest absolute Gasteiger partial charge is 0.137 e. The van der Waals surface area contributed by atoms with Gasteiger partial charge in [-0.3, -0.25) is 0 Å². The van der Waals surface area contributed by atoms with E-state index in [0.29, 0.717) is 5.56 Å². The number of nitrogens with zero attached hydrogens (tertiary/aromatic N) is 3. The quantitative estimate of drug-likeness (QED) is 0.912. The van der Waals surface area contributed by atoms with Gasteiger partial charge in [0.25, 0.3) is 0 Å². The summed E-state index contributed by atoms with van der Waals surface area (Å²) >= 11 is 0. The van der Waals surface area contributed by atoms with Crippen molar-refractivity contribution in [1.82, 2.24) is 4.98 Å². The van der Waals surface area contributed by atoms with Crippen molar-refractivity contribution in [3.63, 3.8) is 0 Å². The van der Waals surface area contributed by atoms with Crippen LogP contribution in [0.5, 0.6) is 0 Å². The Balaban J connectivity index is 2.44. The highest BCUT2D eigenvalue weighted by molar-refractivity contribution is 5.64. The lowest BCUT2D eigenvalue weighted by molar-refractivity contribution is 0.807. The van der Waals surface area contributed by atoms with Crippen LogP contribution >= 0.6 is 0 Å². The average Bonchev–Trinajstić information content (AvgIpc) is 2.46. The number of aromatic nitrogens is 1. The minimum absolute atomic E-state index is 0.0923. The number of hydrogen-bond donors (Lipinski definition) is 1. The summed E-state index contributed by atoms with van der Waals surface area (Å²) in [6.07, 6.45) is 1.74. The second kappa shape index (κ2) is 5.51. The first-order valence-corrected chi connectivity index (χ1v) is 6.08. The standard InChI is InChI=1S/C15H16N4/c1-11(17)14-7-4-8-18-15(14)19(2)13-6-3-5-12(9-13)10-16/h3-9,11H,17H2,1-2H3/t11-/m1/s1. The Morgan fingerprint density at radius 2 is 2.11 bits per heavy atom. The summed E-state index contributed by atoms with van der Waals surface area (Å²) in [5.41, 5.74) is 8.49. The van der Waals surface area contributed by atoms with E-state index < -0.39 is 0 Å². The third-order valence-electron chi connectivity index (χ3n) is 2.99. The van der Waals surface area contributed by atoms with E-state index in [0.717, 1.165) is 17.1 Å². The van der Waals surface area contributed by atoms with E-state index in [1.165, 1.54) is 0 Å². The van der Waals surface area contributed by atoms with Gasteiger partial charge in [0, 0.05) is 30.5 Å². The molecule has 1 atom stereocenters. The summed E-state index contributed by atoms with van der Waals surface area (Å²) in [4.78, 5) is 6.34. The van der Waals surface area contributed by atoms with Crippen molar-refractivity contribution in [3.8, 4) is 6.07 Å². The van der Waals surface area contributed by atoms with Gasteiger partial charge in [-0.25, -0.2) is 4.98 Å². The average molecular weight is 252 g/mol. The summed E-state index contributed by atoms with van der Waals surface area (Å²) in [5.74, 6) is 0.813. The Kier molecular flexibility index (Phi) is 3.79. The third-order valence-corrected chi connectivity index (χ3v) is 2.99. The zero-order chi connectivity index (χ0) is 13.8. The summed E-state index contributed by atoms with van der Waals surface area (Å²) in [7, 11) is 1.92. The Bertz CT molecular complexity index is 614. The number of hydrogen-bond acceptors (Lipinski definition) is 4. The van der Waals surface area contributed by atoms with Crippen LogP contribution in [-0.4, -0.2) is 12.0 Å². The zero-order valence-electron chi connectivity index (χ0n) is 11.0. The Morgan fingerprint density at radius 3 is 2.79 bits per heavy atom. The normalized spacial score (nSPS) is 11.7. The predicted molar refractivity (Wildman–Crippen MR) is 76.1 cm³/mol. The second-order valence-electron chi connectivity index (χ2n) is 4.43. The lowest BCUT2D eigenvalue weighted by Gasteiger charge is -2.22. The van der Waals surface area contributed by atoms with Gasteiger partial charge in [0.1, 0.15) is 5.82 Å². The molecule has 0 bridgehead atoms. The molecule has 0 unspecified atom stereocenters. The van der Waals surface area contributed by atoms with Crippen molar-refractivity contribution in [1.29, 1.82) is 5.26 Å². The van der Waals surface area contributed by atoms with Crippen LogP contribution in [0, 0.1) is 11.3 Å². The molecule has 1 aromatic heterocycles. The molecule has 0 saturated heterocycles. The molecule has 0 aliphatic rings. The van der Waals surface area contributed by atoms with Crippen LogP contribution in [0.25, 0.3) is 0 Å². The van der Waals surface area contributed by atoms with Crippen molar-refractivity contribution in [2.24, 2.45) is 5.73 Å². The molecule has 1 heterocycles. The molecule has 2 aromatic rings. The van der Waals surface area contributed by atoms with Gasteiger partial charge < -0.3 is 10.6 Å². The van der Waals surface area contributed by atoms with E-state index >= 15 is 0 Å². The number of benzene rings is 1. The van der Waals surface area contributed by atoms with E-state index in [-0.39, 0.29) is 6.04 Å². The Labute approximate surface area is 113 Å². The minimum atomic E-state index is -0.0923. The van der Waals surface area contributed by atoms with Crippen LogP contribution < -0.4 is 10.6 Å². The molecule has 0 aliphatic carbocycles. The number of pyridine rings is 1. The SMILES string of the molecule is C[C@@H](N)c1cccnc1N(C)c1cccc(C#N)c1. The van der Waals surface area contributed by atoms with E-state index in [1.807, 2.05) is 49.2 Å². The molecular weight excluding hydrogens is 236 g/mol.